The van der Waals surface area contributed by atoms with Gasteiger partial charge in [0.15, 0.2) is 0 Å². The van der Waals surface area contributed by atoms with Gasteiger partial charge in [-0.3, -0.25) is 4.79 Å². The highest BCUT2D eigenvalue weighted by atomic mass is 19.1. The Kier molecular flexibility index (Phi) is 5.91. The molecular formula is C25H30FN3O3. The van der Waals surface area contributed by atoms with Gasteiger partial charge in [0.25, 0.3) is 0 Å². The minimum Gasteiger partial charge on any atom is -0.497 e. The SMILES string of the molecule is COc1ccc2c(c1)N1CCN(c3ccc(F)cc3)CC1C(C(=O)NCC1CCCO1)C2. The Hall–Kier alpha value is -2.80. The molecular weight excluding hydrogens is 409 g/mol. The highest BCUT2D eigenvalue weighted by Gasteiger charge is 2.42. The number of fused-ring (bicyclic) bond motifs is 3. The van der Waals surface area contributed by atoms with Gasteiger partial charge >= 0.3 is 0 Å². The number of amides is 1. The van der Waals surface area contributed by atoms with Crippen molar-refractivity contribution >= 4 is 17.3 Å². The molecule has 0 bridgehead atoms. The quantitative estimate of drug-likeness (QED) is 0.776. The summed E-state index contributed by atoms with van der Waals surface area (Å²) in [5, 5.41) is 3.16. The van der Waals surface area contributed by atoms with Crippen LogP contribution in [0.4, 0.5) is 15.8 Å². The topological polar surface area (TPSA) is 54.0 Å². The molecule has 3 unspecified atom stereocenters. The molecule has 0 saturated carbocycles. The Morgan fingerprint density at radius 1 is 1.22 bits per heavy atom. The van der Waals surface area contributed by atoms with Crippen LogP contribution in [0, 0.1) is 11.7 Å². The molecule has 2 aromatic carbocycles. The van der Waals surface area contributed by atoms with Gasteiger partial charge in [0, 0.05) is 50.2 Å². The largest absolute Gasteiger partial charge is 0.497 e. The summed E-state index contributed by atoms with van der Waals surface area (Å²) in [5.74, 6) is 0.501. The summed E-state index contributed by atoms with van der Waals surface area (Å²) < 4.78 is 24.6. The van der Waals surface area contributed by atoms with Crippen LogP contribution in [0.3, 0.4) is 0 Å². The van der Waals surface area contributed by atoms with Crippen LogP contribution in [0.1, 0.15) is 18.4 Å². The first-order valence-corrected chi connectivity index (χ1v) is 11.5. The van der Waals surface area contributed by atoms with E-state index in [9.17, 15) is 9.18 Å². The van der Waals surface area contributed by atoms with E-state index in [-0.39, 0.29) is 29.8 Å². The zero-order chi connectivity index (χ0) is 22.1. The lowest BCUT2D eigenvalue weighted by atomic mass is 9.83. The Morgan fingerprint density at radius 2 is 2.06 bits per heavy atom. The Balaban J connectivity index is 1.40. The Bertz CT molecular complexity index is 961. The number of nitrogens with zero attached hydrogens (tertiary/aromatic N) is 2. The second-order valence-electron chi connectivity index (χ2n) is 8.87. The van der Waals surface area contributed by atoms with E-state index in [1.807, 2.05) is 18.2 Å². The summed E-state index contributed by atoms with van der Waals surface area (Å²) in [7, 11) is 1.68. The summed E-state index contributed by atoms with van der Waals surface area (Å²) in [6.45, 7) is 3.66. The summed E-state index contributed by atoms with van der Waals surface area (Å²) in [4.78, 5) is 18.0. The molecule has 7 heteroatoms. The van der Waals surface area contributed by atoms with Crippen LogP contribution in [0.25, 0.3) is 0 Å². The number of benzene rings is 2. The maximum atomic E-state index is 13.4. The maximum Gasteiger partial charge on any atom is 0.225 e. The molecule has 5 rings (SSSR count). The van der Waals surface area contributed by atoms with Crippen molar-refractivity contribution in [3.63, 3.8) is 0 Å². The summed E-state index contributed by atoms with van der Waals surface area (Å²) >= 11 is 0. The molecule has 1 N–H and O–H groups in total. The Labute approximate surface area is 188 Å². The lowest BCUT2D eigenvalue weighted by Crippen LogP contribution is -2.61. The molecule has 0 aliphatic carbocycles. The number of piperazine rings is 1. The molecule has 32 heavy (non-hydrogen) atoms. The van der Waals surface area contributed by atoms with Crippen LogP contribution in [-0.4, -0.2) is 57.9 Å². The van der Waals surface area contributed by atoms with Crippen LogP contribution in [0.2, 0.25) is 0 Å². The van der Waals surface area contributed by atoms with E-state index in [4.69, 9.17) is 9.47 Å². The second kappa shape index (κ2) is 8.98. The van der Waals surface area contributed by atoms with Gasteiger partial charge in [0.05, 0.1) is 25.2 Å². The molecule has 3 atom stereocenters. The van der Waals surface area contributed by atoms with Gasteiger partial charge in [0.1, 0.15) is 11.6 Å². The molecule has 0 radical (unpaired) electrons. The molecule has 3 aliphatic rings. The number of rotatable bonds is 5. The van der Waals surface area contributed by atoms with E-state index in [2.05, 4.69) is 27.2 Å². The van der Waals surface area contributed by atoms with Crippen molar-refractivity contribution in [1.29, 1.82) is 0 Å². The molecule has 2 fully saturated rings. The van der Waals surface area contributed by atoms with Crippen molar-refractivity contribution in [2.45, 2.75) is 31.4 Å². The number of hydrogen-bond donors (Lipinski definition) is 1. The second-order valence-corrected chi connectivity index (χ2v) is 8.87. The average molecular weight is 440 g/mol. The van der Waals surface area contributed by atoms with Gasteiger partial charge in [0.2, 0.25) is 5.91 Å². The van der Waals surface area contributed by atoms with Crippen LogP contribution in [-0.2, 0) is 16.0 Å². The fourth-order valence-corrected chi connectivity index (χ4v) is 5.24. The molecule has 0 aromatic heterocycles. The number of halogens is 1. The standard InChI is InChI=1S/C25H30FN3O3/c1-31-20-9-4-17-13-22(25(30)27-15-21-3-2-12-32-21)24-16-28(10-11-29(24)23(17)14-20)19-7-5-18(26)6-8-19/h4-9,14,21-22,24H,2-3,10-13,15-16H2,1H3,(H,27,30). The lowest BCUT2D eigenvalue weighted by molar-refractivity contribution is -0.126. The zero-order valence-electron chi connectivity index (χ0n) is 18.4. The molecule has 1 amide bonds. The minimum atomic E-state index is -0.238. The van der Waals surface area contributed by atoms with Crippen LogP contribution in [0.5, 0.6) is 5.75 Å². The van der Waals surface area contributed by atoms with Crippen molar-refractivity contribution in [1.82, 2.24) is 5.32 Å². The average Bonchev–Trinajstić information content (AvgIpc) is 3.35. The third-order valence-electron chi connectivity index (χ3n) is 6.98. The summed E-state index contributed by atoms with van der Waals surface area (Å²) in [6, 6.07) is 12.8. The number of carbonyl (C=O) groups is 1. The van der Waals surface area contributed by atoms with E-state index in [1.54, 1.807) is 7.11 Å². The monoisotopic (exact) mass is 439 g/mol. The first-order valence-electron chi connectivity index (χ1n) is 11.5. The third kappa shape index (κ3) is 4.13. The number of hydrogen-bond acceptors (Lipinski definition) is 5. The molecule has 3 aliphatic heterocycles. The summed E-state index contributed by atoms with van der Waals surface area (Å²) in [6.07, 6.45) is 2.87. The van der Waals surface area contributed by atoms with Gasteiger partial charge in [-0.25, -0.2) is 4.39 Å². The van der Waals surface area contributed by atoms with Crippen LogP contribution < -0.4 is 19.9 Å². The van der Waals surface area contributed by atoms with Gasteiger partial charge in [-0.2, -0.15) is 0 Å². The van der Waals surface area contributed by atoms with E-state index in [0.29, 0.717) is 19.5 Å². The predicted octanol–water partition coefficient (Wildman–Crippen LogP) is 3.00. The lowest BCUT2D eigenvalue weighted by Gasteiger charge is -2.49. The van der Waals surface area contributed by atoms with E-state index < -0.39 is 0 Å². The first kappa shape index (κ1) is 21.1. The van der Waals surface area contributed by atoms with Gasteiger partial charge in [-0.1, -0.05) is 6.07 Å². The highest BCUT2D eigenvalue weighted by molar-refractivity contribution is 5.82. The van der Waals surface area contributed by atoms with Crippen LogP contribution in [0.15, 0.2) is 42.5 Å². The van der Waals surface area contributed by atoms with Crippen molar-refractivity contribution in [3.8, 4) is 5.75 Å². The summed E-state index contributed by atoms with van der Waals surface area (Å²) in [5.41, 5.74) is 3.31. The van der Waals surface area contributed by atoms with Crippen LogP contribution >= 0.6 is 0 Å². The number of methoxy groups -OCH3 is 1. The molecule has 3 heterocycles. The predicted molar refractivity (Wildman–Crippen MR) is 122 cm³/mol. The third-order valence-corrected chi connectivity index (χ3v) is 6.98. The normalized spacial score (nSPS) is 24.6. The van der Waals surface area contributed by atoms with Gasteiger partial charge < -0.3 is 24.6 Å². The molecule has 2 aromatic rings. The molecule has 0 spiro atoms. The fourth-order valence-electron chi connectivity index (χ4n) is 5.24. The number of carbonyl (C=O) groups excluding carboxylic acids is 1. The maximum absolute atomic E-state index is 13.4. The number of nitrogens with one attached hydrogen (secondary N) is 1. The zero-order valence-corrected chi connectivity index (χ0v) is 18.4. The van der Waals surface area contributed by atoms with E-state index in [0.717, 1.165) is 49.7 Å². The highest BCUT2D eigenvalue weighted by Crippen LogP contribution is 2.39. The van der Waals surface area contributed by atoms with Crippen molar-refractivity contribution < 1.29 is 18.7 Å². The minimum absolute atomic E-state index is 0.0258. The fraction of sp³-hybridized carbons (Fsp3) is 0.480. The molecule has 170 valence electrons. The van der Waals surface area contributed by atoms with Crippen molar-refractivity contribution in [2.24, 2.45) is 5.92 Å². The smallest absolute Gasteiger partial charge is 0.225 e. The molecule has 2 saturated heterocycles. The number of ether oxygens (including phenoxy) is 2. The van der Waals surface area contributed by atoms with E-state index >= 15 is 0 Å². The number of anilines is 2. The van der Waals surface area contributed by atoms with E-state index in [1.165, 1.54) is 17.7 Å². The van der Waals surface area contributed by atoms with Gasteiger partial charge in [-0.15, -0.1) is 0 Å². The first-order chi connectivity index (χ1) is 15.6. The molecule has 6 nitrogen and oxygen atoms in total. The van der Waals surface area contributed by atoms with Crippen molar-refractivity contribution in [2.75, 3.05) is 49.7 Å². The van der Waals surface area contributed by atoms with Crippen molar-refractivity contribution in [3.05, 3.63) is 53.8 Å². The van der Waals surface area contributed by atoms with Gasteiger partial charge in [-0.05, 0) is 55.2 Å². The Morgan fingerprint density at radius 3 is 2.81 bits per heavy atom.